The Morgan fingerprint density at radius 1 is 0.909 bits per heavy atom. The number of aliphatic hydroxyl groups is 1. The van der Waals surface area contributed by atoms with Crippen molar-refractivity contribution in [1.82, 2.24) is 10.2 Å². The van der Waals surface area contributed by atoms with Crippen LogP contribution < -0.4 is 5.32 Å². The van der Waals surface area contributed by atoms with Gasteiger partial charge in [0.2, 0.25) is 0 Å². The van der Waals surface area contributed by atoms with E-state index in [4.69, 9.17) is 9.84 Å². The van der Waals surface area contributed by atoms with Gasteiger partial charge >= 0.3 is 0 Å². The molecule has 244 valence electrons. The number of benzene rings is 2. The number of rotatable bonds is 16. The van der Waals surface area contributed by atoms with Gasteiger partial charge in [0.25, 0.3) is 0 Å². The number of aliphatic hydroxyl groups excluding tert-OH is 1. The van der Waals surface area contributed by atoms with Crippen molar-refractivity contribution in [3.05, 3.63) is 94.6 Å². The van der Waals surface area contributed by atoms with Crippen LogP contribution in [0.2, 0.25) is 0 Å². The molecule has 0 aromatic heterocycles. The van der Waals surface area contributed by atoms with Crippen LogP contribution in [0.15, 0.2) is 71.8 Å². The molecule has 0 bridgehead atoms. The van der Waals surface area contributed by atoms with E-state index in [2.05, 4.69) is 36.2 Å². The molecule has 0 radical (unpaired) electrons. The van der Waals surface area contributed by atoms with Crippen LogP contribution in [0, 0.1) is 23.5 Å². The fourth-order valence-electron chi connectivity index (χ4n) is 6.27. The van der Waals surface area contributed by atoms with Crippen LogP contribution in [0.5, 0.6) is 0 Å². The Bertz CT molecular complexity index is 1110. The van der Waals surface area contributed by atoms with E-state index >= 15 is 0 Å². The zero-order valence-corrected chi connectivity index (χ0v) is 27.4. The molecule has 2 atom stereocenters. The van der Waals surface area contributed by atoms with E-state index in [0.717, 1.165) is 44.2 Å². The Morgan fingerprint density at radius 3 is 2.34 bits per heavy atom. The second kappa shape index (κ2) is 20.6. The van der Waals surface area contributed by atoms with E-state index in [1.54, 1.807) is 23.3 Å². The topological polar surface area (TPSA) is 44.7 Å². The van der Waals surface area contributed by atoms with E-state index in [9.17, 15) is 8.78 Å². The molecule has 0 spiro atoms. The van der Waals surface area contributed by atoms with E-state index in [1.165, 1.54) is 95.3 Å². The molecule has 4 rings (SSSR count). The lowest BCUT2D eigenvalue weighted by Gasteiger charge is -2.23. The van der Waals surface area contributed by atoms with Gasteiger partial charge in [-0.25, -0.2) is 8.78 Å². The first-order valence-electron chi connectivity index (χ1n) is 16.8. The van der Waals surface area contributed by atoms with Crippen LogP contribution >= 0.6 is 0 Å². The minimum atomic E-state index is -0.244. The maximum atomic E-state index is 13.5. The molecular weight excluding hydrogens is 554 g/mol. The quantitative estimate of drug-likeness (QED) is 0.187. The van der Waals surface area contributed by atoms with Gasteiger partial charge in [0.05, 0.1) is 12.7 Å². The van der Waals surface area contributed by atoms with E-state index in [0.29, 0.717) is 18.4 Å². The van der Waals surface area contributed by atoms with Crippen molar-refractivity contribution in [3.8, 4) is 0 Å². The lowest BCUT2D eigenvalue weighted by Crippen LogP contribution is -2.26. The molecule has 44 heavy (non-hydrogen) atoms. The third-order valence-electron chi connectivity index (χ3n) is 8.71. The maximum Gasteiger partial charge on any atom is 0.123 e. The van der Waals surface area contributed by atoms with Crippen LogP contribution in [-0.2, 0) is 11.3 Å². The summed E-state index contributed by atoms with van der Waals surface area (Å²) in [6.07, 6.45) is 16.8. The minimum absolute atomic E-state index is 0.0900. The number of halogens is 2. The van der Waals surface area contributed by atoms with Crippen molar-refractivity contribution in [2.75, 3.05) is 39.8 Å². The minimum Gasteiger partial charge on any atom is -0.400 e. The summed E-state index contributed by atoms with van der Waals surface area (Å²) >= 11 is 0. The Balaban J connectivity index is 0.00000259. The third-order valence-corrected chi connectivity index (χ3v) is 8.71. The summed E-state index contributed by atoms with van der Waals surface area (Å²) in [7, 11) is 1.00. The first-order chi connectivity index (χ1) is 21.5. The van der Waals surface area contributed by atoms with Crippen LogP contribution in [0.1, 0.15) is 95.3 Å². The molecule has 1 saturated heterocycles. The van der Waals surface area contributed by atoms with Gasteiger partial charge in [-0.1, -0.05) is 75.1 Å². The standard InChI is InChI=1S/C37H52F2N2O.CH4O/c1-29(2)26-40-27-31-9-7-10-34(25-31)32-11-8-23-41(24-21-32)22-6-4-3-5-12-37(33-15-19-36(39)20-16-33)42-28-30-13-17-35(38)18-14-30;1-2/h10,13-20,25,29,32,37,40H,3-9,11-12,21-24,26-28H2,1-2H3;2H,1H3. The molecule has 2 N–H and O–H groups in total. The predicted octanol–water partition coefficient (Wildman–Crippen LogP) is 8.78. The SMILES string of the molecule is CC(C)CNCC1=CC(C2CCCN(CCCCCCC(OCc3ccc(F)cc3)c3ccc(F)cc3)CC2)=CCC1.CO. The largest absolute Gasteiger partial charge is 0.400 e. The van der Waals surface area contributed by atoms with Gasteiger partial charge in [-0.3, -0.25) is 0 Å². The first-order valence-corrected chi connectivity index (χ1v) is 16.8. The zero-order valence-electron chi connectivity index (χ0n) is 27.4. The smallest absolute Gasteiger partial charge is 0.123 e. The zero-order chi connectivity index (χ0) is 31.6. The normalized spacial score (nSPS) is 18.2. The number of likely N-dealkylation sites (tertiary alicyclic amines) is 1. The van der Waals surface area contributed by atoms with Crippen LogP contribution in [-0.4, -0.2) is 49.8 Å². The molecule has 2 aliphatic rings. The molecule has 1 heterocycles. The summed E-state index contributed by atoms with van der Waals surface area (Å²) < 4.78 is 33.0. The summed E-state index contributed by atoms with van der Waals surface area (Å²) in [5.41, 5.74) is 5.12. The van der Waals surface area contributed by atoms with Gasteiger partial charge in [0.1, 0.15) is 11.6 Å². The van der Waals surface area contributed by atoms with Gasteiger partial charge in [-0.15, -0.1) is 0 Å². The highest BCUT2D eigenvalue weighted by molar-refractivity contribution is 5.31. The number of nitrogens with zero attached hydrogens (tertiary/aromatic N) is 1. The average molecular weight is 611 g/mol. The van der Waals surface area contributed by atoms with Crippen molar-refractivity contribution < 1.29 is 18.6 Å². The van der Waals surface area contributed by atoms with Gasteiger partial charge in [-0.05, 0) is 124 Å². The van der Waals surface area contributed by atoms with E-state index in [-0.39, 0.29) is 17.7 Å². The van der Waals surface area contributed by atoms with Crippen molar-refractivity contribution in [2.45, 2.75) is 90.8 Å². The fourth-order valence-corrected chi connectivity index (χ4v) is 6.27. The Kier molecular flexibility index (Phi) is 16.9. The Hall–Kier alpha value is -2.38. The highest BCUT2D eigenvalue weighted by Gasteiger charge is 2.21. The number of ether oxygens (including phenoxy) is 1. The molecule has 2 unspecified atom stereocenters. The Labute approximate surface area is 265 Å². The monoisotopic (exact) mass is 610 g/mol. The molecule has 1 fully saturated rings. The highest BCUT2D eigenvalue weighted by atomic mass is 19.1. The van der Waals surface area contributed by atoms with Gasteiger partial charge in [-0.2, -0.15) is 0 Å². The van der Waals surface area contributed by atoms with Gasteiger partial charge in [0.15, 0.2) is 0 Å². The molecule has 0 saturated carbocycles. The summed E-state index contributed by atoms with van der Waals surface area (Å²) in [6, 6.07) is 13.1. The van der Waals surface area contributed by atoms with Crippen LogP contribution in [0.25, 0.3) is 0 Å². The molecule has 1 aliphatic carbocycles. The van der Waals surface area contributed by atoms with Crippen molar-refractivity contribution in [2.24, 2.45) is 11.8 Å². The maximum absolute atomic E-state index is 13.5. The number of hydrogen-bond donors (Lipinski definition) is 2. The van der Waals surface area contributed by atoms with Crippen molar-refractivity contribution in [1.29, 1.82) is 0 Å². The lowest BCUT2D eigenvalue weighted by molar-refractivity contribution is 0.0320. The van der Waals surface area contributed by atoms with Crippen LogP contribution in [0.4, 0.5) is 8.78 Å². The number of nitrogens with one attached hydrogen (secondary N) is 1. The summed E-state index contributed by atoms with van der Waals surface area (Å²) in [5.74, 6) is 0.936. The lowest BCUT2D eigenvalue weighted by atomic mass is 9.86. The summed E-state index contributed by atoms with van der Waals surface area (Å²) in [5, 5.41) is 10.6. The number of unbranched alkanes of at least 4 members (excludes halogenated alkanes) is 3. The number of hydrogen-bond acceptors (Lipinski definition) is 4. The van der Waals surface area contributed by atoms with Gasteiger partial charge < -0.3 is 20.1 Å². The van der Waals surface area contributed by atoms with Crippen molar-refractivity contribution in [3.63, 3.8) is 0 Å². The van der Waals surface area contributed by atoms with Gasteiger partial charge in [0, 0.05) is 13.7 Å². The second-order valence-corrected chi connectivity index (χ2v) is 12.7. The third kappa shape index (κ3) is 13.3. The van der Waals surface area contributed by atoms with Crippen LogP contribution in [0.3, 0.4) is 0 Å². The highest BCUT2D eigenvalue weighted by Crippen LogP contribution is 2.31. The molecule has 6 heteroatoms. The molecule has 1 aliphatic heterocycles. The summed E-state index contributed by atoms with van der Waals surface area (Å²) in [6.45, 7) is 10.7. The first kappa shape index (κ1) is 36.1. The van der Waals surface area contributed by atoms with E-state index < -0.39 is 0 Å². The fraction of sp³-hybridized carbons (Fsp3) is 0.579. The average Bonchev–Trinajstić information content (AvgIpc) is 3.28. The molecule has 0 amide bonds. The predicted molar refractivity (Wildman–Crippen MR) is 178 cm³/mol. The molecule has 4 nitrogen and oxygen atoms in total. The molecule has 2 aromatic carbocycles. The Morgan fingerprint density at radius 2 is 1.61 bits per heavy atom. The number of allylic oxidation sites excluding steroid dienone is 3. The molecular formula is C38H56F2N2O2. The second-order valence-electron chi connectivity index (χ2n) is 12.7. The molecule has 2 aromatic rings. The van der Waals surface area contributed by atoms with Crippen molar-refractivity contribution >= 4 is 0 Å². The summed E-state index contributed by atoms with van der Waals surface area (Å²) in [4.78, 5) is 2.69. The van der Waals surface area contributed by atoms with E-state index in [1.807, 2.05) is 12.1 Å².